The van der Waals surface area contributed by atoms with Gasteiger partial charge in [-0.25, -0.2) is 4.98 Å². The summed E-state index contributed by atoms with van der Waals surface area (Å²) < 4.78 is 10.5. The van der Waals surface area contributed by atoms with Gasteiger partial charge in [0.15, 0.2) is 5.96 Å². The van der Waals surface area contributed by atoms with Crippen molar-refractivity contribution in [1.29, 1.82) is 0 Å². The molecule has 2 heterocycles. The Hall–Kier alpha value is -1.82. The Morgan fingerprint density at radius 3 is 3.00 bits per heavy atom. The number of guanidine groups is 1. The molecule has 1 aliphatic heterocycles. The maximum absolute atomic E-state index is 5.42. The molecule has 116 valence electrons. The smallest absolute Gasteiger partial charge is 0.212 e. The van der Waals surface area contributed by atoms with Crippen molar-refractivity contribution in [2.45, 2.75) is 13.0 Å². The molecular weight excluding hydrogens is 268 g/mol. The SMILES string of the molecule is CN=C(NCc1ccc(OC)nc1)N(C)CC1CCOC1. The lowest BCUT2D eigenvalue weighted by molar-refractivity contribution is 0.181. The molecule has 1 aromatic heterocycles. The highest BCUT2D eigenvalue weighted by Gasteiger charge is 2.18. The zero-order valence-corrected chi connectivity index (χ0v) is 13.0. The number of methoxy groups -OCH3 is 1. The molecule has 0 spiro atoms. The van der Waals surface area contributed by atoms with Crippen molar-refractivity contribution >= 4 is 5.96 Å². The van der Waals surface area contributed by atoms with Gasteiger partial charge in [0, 0.05) is 52.0 Å². The molecule has 1 aromatic rings. The minimum absolute atomic E-state index is 0.594. The normalized spacial score (nSPS) is 18.6. The topological polar surface area (TPSA) is 59.0 Å². The fraction of sp³-hybridized carbons (Fsp3) is 0.600. The van der Waals surface area contributed by atoms with Gasteiger partial charge in [0.1, 0.15) is 0 Å². The number of hydrogen-bond acceptors (Lipinski definition) is 4. The third-order valence-electron chi connectivity index (χ3n) is 3.59. The van der Waals surface area contributed by atoms with E-state index < -0.39 is 0 Å². The summed E-state index contributed by atoms with van der Waals surface area (Å²) in [5, 5.41) is 3.35. The molecule has 1 unspecified atom stereocenters. The van der Waals surface area contributed by atoms with Crippen LogP contribution in [0.25, 0.3) is 0 Å². The van der Waals surface area contributed by atoms with E-state index in [1.165, 1.54) is 0 Å². The van der Waals surface area contributed by atoms with Crippen LogP contribution in [0.5, 0.6) is 5.88 Å². The predicted octanol–water partition coefficient (Wildman–Crippen LogP) is 1.13. The van der Waals surface area contributed by atoms with E-state index in [-0.39, 0.29) is 0 Å². The molecule has 2 rings (SSSR count). The van der Waals surface area contributed by atoms with Crippen molar-refractivity contribution < 1.29 is 9.47 Å². The third kappa shape index (κ3) is 4.60. The number of ether oxygens (including phenoxy) is 2. The van der Waals surface area contributed by atoms with Crippen molar-refractivity contribution in [3.63, 3.8) is 0 Å². The summed E-state index contributed by atoms with van der Waals surface area (Å²) >= 11 is 0. The molecular formula is C15H24N4O2. The zero-order valence-electron chi connectivity index (χ0n) is 13.0. The summed E-state index contributed by atoms with van der Waals surface area (Å²) in [4.78, 5) is 10.7. The highest BCUT2D eigenvalue weighted by atomic mass is 16.5. The van der Waals surface area contributed by atoms with Gasteiger partial charge < -0.3 is 19.7 Å². The Labute approximate surface area is 126 Å². The van der Waals surface area contributed by atoms with E-state index in [0.29, 0.717) is 18.3 Å². The predicted molar refractivity (Wildman–Crippen MR) is 82.5 cm³/mol. The monoisotopic (exact) mass is 292 g/mol. The third-order valence-corrected chi connectivity index (χ3v) is 3.59. The number of aliphatic imine (C=N–C) groups is 1. The summed E-state index contributed by atoms with van der Waals surface area (Å²) in [5.41, 5.74) is 1.09. The van der Waals surface area contributed by atoms with Crippen molar-refractivity contribution in [3.05, 3.63) is 23.9 Å². The number of rotatable bonds is 5. The Bertz CT molecular complexity index is 455. The highest BCUT2D eigenvalue weighted by Crippen LogP contribution is 2.13. The van der Waals surface area contributed by atoms with E-state index in [0.717, 1.165) is 37.7 Å². The van der Waals surface area contributed by atoms with Crippen LogP contribution in [0.1, 0.15) is 12.0 Å². The molecule has 0 amide bonds. The molecule has 6 heteroatoms. The van der Waals surface area contributed by atoms with Gasteiger partial charge in [-0.05, 0) is 12.0 Å². The lowest BCUT2D eigenvalue weighted by Crippen LogP contribution is -2.41. The zero-order chi connectivity index (χ0) is 15.1. The van der Waals surface area contributed by atoms with E-state index in [4.69, 9.17) is 9.47 Å². The maximum atomic E-state index is 5.42. The molecule has 0 aromatic carbocycles. The number of nitrogens with zero attached hydrogens (tertiary/aromatic N) is 3. The summed E-state index contributed by atoms with van der Waals surface area (Å²) in [7, 11) is 5.47. The second kappa shape index (κ2) is 7.83. The second-order valence-corrected chi connectivity index (χ2v) is 5.22. The Kier molecular flexibility index (Phi) is 5.80. The van der Waals surface area contributed by atoms with Crippen molar-refractivity contribution in [1.82, 2.24) is 15.2 Å². The van der Waals surface area contributed by atoms with Gasteiger partial charge in [-0.3, -0.25) is 4.99 Å². The fourth-order valence-electron chi connectivity index (χ4n) is 2.40. The average Bonchev–Trinajstić information content (AvgIpc) is 3.01. The summed E-state index contributed by atoms with van der Waals surface area (Å²) in [6.07, 6.45) is 2.94. The van der Waals surface area contributed by atoms with E-state index in [1.807, 2.05) is 18.3 Å². The first-order valence-corrected chi connectivity index (χ1v) is 7.21. The van der Waals surface area contributed by atoms with Crippen LogP contribution in [0, 0.1) is 5.92 Å². The molecule has 1 fully saturated rings. The van der Waals surface area contributed by atoms with Crippen LogP contribution in [-0.2, 0) is 11.3 Å². The van der Waals surface area contributed by atoms with E-state index in [2.05, 4.69) is 27.2 Å². The van der Waals surface area contributed by atoms with E-state index in [9.17, 15) is 0 Å². The van der Waals surface area contributed by atoms with Crippen LogP contribution in [-0.4, -0.2) is 56.8 Å². The van der Waals surface area contributed by atoms with Gasteiger partial charge in [0.2, 0.25) is 5.88 Å². The second-order valence-electron chi connectivity index (χ2n) is 5.22. The lowest BCUT2D eigenvalue weighted by Gasteiger charge is -2.24. The molecule has 1 N–H and O–H groups in total. The minimum atomic E-state index is 0.594. The molecule has 6 nitrogen and oxygen atoms in total. The van der Waals surface area contributed by atoms with Crippen molar-refractivity contribution in [2.75, 3.05) is 41.0 Å². The minimum Gasteiger partial charge on any atom is -0.481 e. The molecule has 21 heavy (non-hydrogen) atoms. The molecule has 0 bridgehead atoms. The molecule has 0 aliphatic carbocycles. The number of pyridine rings is 1. The summed E-state index contributed by atoms with van der Waals surface area (Å²) in [5.74, 6) is 2.11. The fourth-order valence-corrected chi connectivity index (χ4v) is 2.40. The first kappa shape index (κ1) is 15.6. The first-order valence-electron chi connectivity index (χ1n) is 7.21. The highest BCUT2D eigenvalue weighted by molar-refractivity contribution is 5.79. The molecule has 1 saturated heterocycles. The van der Waals surface area contributed by atoms with E-state index in [1.54, 1.807) is 14.2 Å². The Morgan fingerprint density at radius 1 is 1.57 bits per heavy atom. The van der Waals surface area contributed by atoms with Gasteiger partial charge in [0.05, 0.1) is 13.7 Å². The Balaban J connectivity index is 1.83. The molecule has 0 radical (unpaired) electrons. The van der Waals surface area contributed by atoms with Crippen LogP contribution in [0.3, 0.4) is 0 Å². The van der Waals surface area contributed by atoms with Gasteiger partial charge >= 0.3 is 0 Å². The van der Waals surface area contributed by atoms with Crippen LogP contribution >= 0.6 is 0 Å². The van der Waals surface area contributed by atoms with E-state index >= 15 is 0 Å². The standard InChI is InChI=1S/C15H24N4O2/c1-16-15(19(2)10-13-6-7-21-11-13)18-9-12-4-5-14(20-3)17-8-12/h4-5,8,13H,6-7,9-11H2,1-3H3,(H,16,18). The summed E-state index contributed by atoms with van der Waals surface area (Å²) in [6.45, 7) is 3.38. The molecule has 1 aliphatic rings. The van der Waals surface area contributed by atoms with Crippen LogP contribution in [0.4, 0.5) is 0 Å². The molecule has 0 saturated carbocycles. The van der Waals surface area contributed by atoms with Gasteiger partial charge in [0.25, 0.3) is 0 Å². The van der Waals surface area contributed by atoms with Crippen LogP contribution < -0.4 is 10.1 Å². The molecule has 1 atom stereocenters. The van der Waals surface area contributed by atoms with Crippen molar-refractivity contribution in [3.8, 4) is 5.88 Å². The van der Waals surface area contributed by atoms with Gasteiger partial charge in [-0.1, -0.05) is 6.07 Å². The number of hydrogen-bond donors (Lipinski definition) is 1. The summed E-state index contributed by atoms with van der Waals surface area (Å²) in [6, 6.07) is 3.86. The largest absolute Gasteiger partial charge is 0.481 e. The first-order chi connectivity index (χ1) is 10.2. The number of nitrogens with one attached hydrogen (secondary N) is 1. The maximum Gasteiger partial charge on any atom is 0.212 e. The van der Waals surface area contributed by atoms with Gasteiger partial charge in [-0.2, -0.15) is 0 Å². The average molecular weight is 292 g/mol. The van der Waals surface area contributed by atoms with Crippen LogP contribution in [0.15, 0.2) is 23.3 Å². The number of aromatic nitrogens is 1. The van der Waals surface area contributed by atoms with Gasteiger partial charge in [-0.15, -0.1) is 0 Å². The lowest BCUT2D eigenvalue weighted by atomic mass is 10.1. The van der Waals surface area contributed by atoms with Crippen molar-refractivity contribution in [2.24, 2.45) is 10.9 Å². The quantitative estimate of drug-likeness (QED) is 0.651. The Morgan fingerprint density at radius 2 is 2.43 bits per heavy atom. The van der Waals surface area contributed by atoms with Crippen LogP contribution in [0.2, 0.25) is 0 Å².